The van der Waals surface area contributed by atoms with E-state index in [-0.39, 0.29) is 45.5 Å². The molecule has 0 atom stereocenters. The Morgan fingerprint density at radius 1 is 0.726 bits per heavy atom. The van der Waals surface area contributed by atoms with Crippen LogP contribution in [0.4, 0.5) is 23.0 Å². The molecular formula is C39H25ClN6O13S3. The highest BCUT2D eigenvalue weighted by atomic mass is 35.5. The number of hydrogen-bond acceptors (Lipinski definition) is 17. The molecular weight excluding hydrogens is 892 g/mol. The number of benzene rings is 5. The number of ether oxygens (including phenoxy) is 1. The number of anilines is 4. The number of carbonyl (C=O) groups is 2. The van der Waals surface area contributed by atoms with Gasteiger partial charge in [-0.3, -0.25) is 18.9 Å². The van der Waals surface area contributed by atoms with Crippen molar-refractivity contribution >= 4 is 88.4 Å². The molecule has 0 saturated carbocycles. The summed E-state index contributed by atoms with van der Waals surface area (Å²) in [5.41, 5.74) is 1.83. The zero-order chi connectivity index (χ0) is 44.9. The summed E-state index contributed by atoms with van der Waals surface area (Å²) < 4.78 is 92.8. The van der Waals surface area contributed by atoms with Gasteiger partial charge in [0.1, 0.15) is 10.6 Å². The summed E-state index contributed by atoms with van der Waals surface area (Å²) in [5.74, 6) is -0.640. The molecule has 0 amide bonds. The maximum absolute atomic E-state index is 14.4. The van der Waals surface area contributed by atoms with E-state index in [0.29, 0.717) is 44.6 Å². The molecule has 2 heterocycles. The SMILES string of the molecule is Cn1c(=O)c(C(=O)c2ccccc2)c2c3c(c(Nc4ccc(S(=O)(=O)O)c(Nc5nc(Cl)nc(Oc6ccccc6)n5)c4)ccc31)C(=O)c1ccccc1-2.O=S(=O)=O.O=S(=O)=O. The highest BCUT2D eigenvalue weighted by molar-refractivity contribution is 7.86. The molecule has 0 spiro atoms. The van der Waals surface area contributed by atoms with Crippen LogP contribution in [0, 0.1) is 0 Å². The molecule has 0 fully saturated rings. The van der Waals surface area contributed by atoms with Crippen LogP contribution in [0.5, 0.6) is 11.8 Å². The summed E-state index contributed by atoms with van der Waals surface area (Å²) in [6, 6.07) is 30.9. The van der Waals surface area contributed by atoms with Crippen molar-refractivity contribution in [3.63, 3.8) is 0 Å². The maximum atomic E-state index is 14.4. The van der Waals surface area contributed by atoms with Crippen molar-refractivity contribution in [3.05, 3.63) is 153 Å². The van der Waals surface area contributed by atoms with Crippen LogP contribution in [-0.4, -0.2) is 69.3 Å². The lowest BCUT2D eigenvalue weighted by molar-refractivity contribution is 0.102. The number of hydrogen-bond donors (Lipinski definition) is 3. The number of pyridine rings is 1. The molecule has 1 aliphatic carbocycles. The van der Waals surface area contributed by atoms with E-state index in [4.69, 9.17) is 41.6 Å². The molecule has 3 N–H and O–H groups in total. The Bertz CT molecular complexity index is 3320. The number of ketones is 2. The first-order valence-electron chi connectivity index (χ1n) is 17.2. The minimum Gasteiger partial charge on any atom is -0.424 e. The fraction of sp³-hybridized carbons (Fsp3) is 0.0256. The lowest BCUT2D eigenvalue weighted by Crippen LogP contribution is -2.29. The van der Waals surface area contributed by atoms with Crippen LogP contribution in [0.25, 0.3) is 22.0 Å². The van der Waals surface area contributed by atoms with Crippen LogP contribution in [0.1, 0.15) is 31.8 Å². The topological polar surface area (TPSA) is 285 Å². The molecule has 2 aromatic heterocycles. The molecule has 19 nitrogen and oxygen atoms in total. The van der Waals surface area contributed by atoms with E-state index >= 15 is 0 Å². The fourth-order valence-corrected chi connectivity index (χ4v) is 7.23. The van der Waals surface area contributed by atoms with Gasteiger partial charge in [0.05, 0.1) is 28.0 Å². The highest BCUT2D eigenvalue weighted by Gasteiger charge is 2.34. The van der Waals surface area contributed by atoms with E-state index in [1.54, 1.807) is 104 Å². The summed E-state index contributed by atoms with van der Waals surface area (Å²) in [5, 5.41) is 6.11. The summed E-state index contributed by atoms with van der Waals surface area (Å²) in [7, 11) is -9.46. The maximum Gasteiger partial charge on any atom is 0.425 e. The van der Waals surface area contributed by atoms with Crippen molar-refractivity contribution in [1.82, 2.24) is 19.5 Å². The first-order valence-corrected chi connectivity index (χ1v) is 21.0. The number of fused-ring (bicyclic) bond motifs is 2. The van der Waals surface area contributed by atoms with Crippen molar-refractivity contribution in [3.8, 4) is 22.9 Å². The van der Waals surface area contributed by atoms with Crippen molar-refractivity contribution in [2.45, 2.75) is 4.90 Å². The standard InChI is InChI=1S/C39H25ClN6O7S.2O3S/c1-46-28-18-17-26(31-32(28)30(24-14-8-9-15-25(24)35(31)48)33(36(46)49)34(47)21-10-4-2-5-11-21)41-22-16-19-29(54(50,51)52)27(20-22)42-38-43-37(40)44-39(45-38)53-23-12-6-3-7-13-23;2*1-4(2)3/h2-20,41H,1H3,(H,50,51,52)(H,42,43,44,45);;. The largest absolute Gasteiger partial charge is 0.425 e. The van der Waals surface area contributed by atoms with Gasteiger partial charge in [-0.05, 0) is 59.6 Å². The number of nitrogens with one attached hydrogen (secondary N) is 2. The zero-order valence-corrected chi connectivity index (χ0v) is 34.4. The summed E-state index contributed by atoms with van der Waals surface area (Å²) >= 11 is 6.15. The number of halogens is 1. The van der Waals surface area contributed by atoms with Gasteiger partial charge >= 0.3 is 27.2 Å². The molecule has 0 bridgehead atoms. The van der Waals surface area contributed by atoms with Gasteiger partial charge in [0.15, 0.2) is 11.6 Å². The van der Waals surface area contributed by atoms with Crippen LogP contribution in [0.3, 0.4) is 0 Å². The van der Waals surface area contributed by atoms with Crippen molar-refractivity contribution < 1.29 is 52.5 Å². The predicted molar refractivity (Wildman–Crippen MR) is 222 cm³/mol. The summed E-state index contributed by atoms with van der Waals surface area (Å²) in [4.78, 5) is 54.0. The third-order valence-electron chi connectivity index (χ3n) is 8.82. The minimum atomic E-state index is -4.78. The minimum absolute atomic E-state index is 0.0785. The van der Waals surface area contributed by atoms with E-state index in [2.05, 4.69) is 25.6 Å². The Balaban J connectivity index is 0.000000740. The zero-order valence-electron chi connectivity index (χ0n) is 31.2. The van der Waals surface area contributed by atoms with Gasteiger partial charge in [0.2, 0.25) is 11.2 Å². The van der Waals surface area contributed by atoms with Gasteiger partial charge in [-0.2, -0.15) is 23.4 Å². The van der Waals surface area contributed by atoms with Crippen LogP contribution in [-0.2, 0) is 38.4 Å². The molecule has 62 heavy (non-hydrogen) atoms. The second-order valence-corrected chi connectivity index (χ2v) is 15.1. The third-order valence-corrected chi connectivity index (χ3v) is 9.90. The van der Waals surface area contributed by atoms with Gasteiger partial charge < -0.3 is 19.9 Å². The smallest absolute Gasteiger partial charge is 0.424 e. The van der Waals surface area contributed by atoms with Crippen molar-refractivity contribution in [1.29, 1.82) is 0 Å². The van der Waals surface area contributed by atoms with E-state index < -0.39 is 47.6 Å². The molecule has 0 saturated heterocycles. The Morgan fingerprint density at radius 2 is 1.32 bits per heavy atom. The van der Waals surface area contributed by atoms with Gasteiger partial charge in [-0.15, -0.1) is 25.3 Å². The molecule has 0 radical (unpaired) electrons. The number of rotatable bonds is 9. The third kappa shape index (κ3) is 9.75. The van der Waals surface area contributed by atoms with E-state index in [0.717, 1.165) is 6.07 Å². The molecule has 1 aliphatic rings. The predicted octanol–water partition coefficient (Wildman–Crippen LogP) is 5.34. The van der Waals surface area contributed by atoms with Gasteiger partial charge in [-0.1, -0.05) is 72.8 Å². The summed E-state index contributed by atoms with van der Waals surface area (Å²) in [6.45, 7) is 0. The van der Waals surface area contributed by atoms with Gasteiger partial charge in [-0.25, -0.2) is 0 Å². The number of aryl methyl sites for hydroxylation is 1. The fourth-order valence-electron chi connectivity index (χ4n) is 6.45. The monoisotopic (exact) mass is 916 g/mol. The highest BCUT2D eigenvalue weighted by Crippen LogP contribution is 2.44. The van der Waals surface area contributed by atoms with Crippen LogP contribution in [0.15, 0.2) is 125 Å². The molecule has 8 rings (SSSR count). The molecule has 5 aromatic carbocycles. The van der Waals surface area contributed by atoms with Crippen molar-refractivity contribution in [2.75, 3.05) is 10.6 Å². The average molecular weight is 917 g/mol. The van der Waals surface area contributed by atoms with Gasteiger partial charge in [0, 0.05) is 34.8 Å². The normalized spacial score (nSPS) is 11.2. The van der Waals surface area contributed by atoms with Crippen LogP contribution < -0.4 is 20.9 Å². The Hall–Kier alpha value is -7.50. The summed E-state index contributed by atoms with van der Waals surface area (Å²) in [6.07, 6.45) is 0. The lowest BCUT2D eigenvalue weighted by atomic mass is 9.80. The second-order valence-electron chi connectivity index (χ2n) is 12.5. The van der Waals surface area contributed by atoms with Crippen LogP contribution in [0.2, 0.25) is 5.28 Å². The Kier molecular flexibility index (Phi) is 13.1. The first kappa shape index (κ1) is 44.1. The number of aromatic nitrogens is 4. The Morgan fingerprint density at radius 3 is 1.95 bits per heavy atom. The molecule has 7 aromatic rings. The average Bonchev–Trinajstić information content (AvgIpc) is 3.21. The van der Waals surface area contributed by atoms with E-state index in [1.165, 1.54) is 16.7 Å². The Labute approximate surface area is 357 Å². The molecule has 314 valence electrons. The van der Waals surface area contributed by atoms with E-state index in [9.17, 15) is 27.4 Å². The van der Waals surface area contributed by atoms with Gasteiger partial charge in [0.25, 0.3) is 15.7 Å². The number of nitrogens with zero attached hydrogens (tertiary/aromatic N) is 4. The first-order chi connectivity index (χ1) is 29.4. The number of carbonyl (C=O) groups excluding carboxylic acids is 2. The van der Waals surface area contributed by atoms with Crippen molar-refractivity contribution in [2.24, 2.45) is 7.05 Å². The number of para-hydroxylation sites is 1. The second kappa shape index (κ2) is 18.4. The molecule has 23 heteroatoms. The lowest BCUT2D eigenvalue weighted by Gasteiger charge is -2.25. The van der Waals surface area contributed by atoms with Crippen LogP contribution >= 0.6 is 11.6 Å². The quantitative estimate of drug-likeness (QED) is 0.122. The molecule has 0 aliphatic heterocycles. The van der Waals surface area contributed by atoms with E-state index in [1.807, 2.05) is 0 Å². The molecule has 0 unspecified atom stereocenters.